The highest BCUT2D eigenvalue weighted by Crippen LogP contribution is 2.32. The third kappa shape index (κ3) is 7.28. The lowest BCUT2D eigenvalue weighted by molar-refractivity contribution is 0.329. The van der Waals surface area contributed by atoms with E-state index in [1.807, 2.05) is 0 Å². The van der Waals surface area contributed by atoms with Crippen LogP contribution in [-0.4, -0.2) is 11.6 Å². The van der Waals surface area contributed by atoms with E-state index in [0.717, 1.165) is 12.8 Å². The molecule has 118 valence electrons. The summed E-state index contributed by atoms with van der Waals surface area (Å²) in [4.78, 5) is 0. The zero-order chi connectivity index (χ0) is 16.4. The lowest BCUT2D eigenvalue weighted by Gasteiger charge is -2.36. The first kappa shape index (κ1) is 19.4. The first-order valence-corrected chi connectivity index (χ1v) is 7.80. The van der Waals surface area contributed by atoms with Gasteiger partial charge in [-0.05, 0) is 44.4 Å². The predicted molar refractivity (Wildman–Crippen MR) is 93.1 cm³/mol. The van der Waals surface area contributed by atoms with Gasteiger partial charge in [0, 0.05) is 11.6 Å². The third-order valence-electron chi connectivity index (χ3n) is 3.79. The highest BCUT2D eigenvalue weighted by Gasteiger charge is 2.27. The SMILES string of the molecule is C=C(CCC(NC(C)(C)C)C(=C)C(C)(C)C)C(C)(C)C. The fraction of sp³-hybridized carbons (Fsp3) is 0.789. The minimum Gasteiger partial charge on any atom is -0.306 e. The Hall–Kier alpha value is -0.560. The second-order valence-electron chi connectivity index (χ2n) is 9.11. The minimum atomic E-state index is 0.0991. The number of nitrogens with one attached hydrogen (secondary N) is 1. The highest BCUT2D eigenvalue weighted by molar-refractivity contribution is 5.16. The average Bonchev–Trinajstić information content (AvgIpc) is 2.18. The van der Waals surface area contributed by atoms with Gasteiger partial charge in [-0.2, -0.15) is 0 Å². The number of hydrogen-bond donors (Lipinski definition) is 1. The summed E-state index contributed by atoms with van der Waals surface area (Å²) in [6.45, 7) is 28.7. The van der Waals surface area contributed by atoms with Gasteiger partial charge >= 0.3 is 0 Å². The van der Waals surface area contributed by atoms with E-state index in [-0.39, 0.29) is 16.4 Å². The zero-order valence-corrected chi connectivity index (χ0v) is 15.4. The third-order valence-corrected chi connectivity index (χ3v) is 3.79. The Morgan fingerprint density at radius 1 is 0.850 bits per heavy atom. The molecule has 0 aromatic carbocycles. The van der Waals surface area contributed by atoms with E-state index in [0.29, 0.717) is 6.04 Å². The molecule has 1 nitrogen and oxygen atoms in total. The van der Waals surface area contributed by atoms with E-state index in [4.69, 9.17) is 0 Å². The summed E-state index contributed by atoms with van der Waals surface area (Å²) in [5.41, 5.74) is 3.03. The topological polar surface area (TPSA) is 12.0 Å². The Morgan fingerprint density at radius 2 is 1.30 bits per heavy atom. The molecule has 0 spiro atoms. The largest absolute Gasteiger partial charge is 0.306 e. The van der Waals surface area contributed by atoms with Gasteiger partial charge in [-0.25, -0.2) is 0 Å². The van der Waals surface area contributed by atoms with Gasteiger partial charge in [-0.1, -0.05) is 65.8 Å². The lowest BCUT2D eigenvalue weighted by Crippen LogP contribution is -2.46. The van der Waals surface area contributed by atoms with Crippen molar-refractivity contribution in [1.82, 2.24) is 5.32 Å². The molecule has 0 radical (unpaired) electrons. The van der Waals surface area contributed by atoms with Crippen LogP contribution >= 0.6 is 0 Å². The van der Waals surface area contributed by atoms with E-state index >= 15 is 0 Å². The Bertz CT molecular complexity index is 341. The van der Waals surface area contributed by atoms with Crippen LogP contribution in [0.15, 0.2) is 24.3 Å². The summed E-state index contributed by atoms with van der Waals surface area (Å²) in [7, 11) is 0. The fourth-order valence-corrected chi connectivity index (χ4v) is 2.07. The molecule has 0 saturated heterocycles. The van der Waals surface area contributed by atoms with Crippen LogP contribution < -0.4 is 5.32 Å². The smallest absolute Gasteiger partial charge is 0.0289 e. The Morgan fingerprint density at radius 3 is 1.60 bits per heavy atom. The molecule has 1 unspecified atom stereocenters. The van der Waals surface area contributed by atoms with E-state index in [1.54, 1.807) is 0 Å². The van der Waals surface area contributed by atoms with Crippen LogP contribution in [0.3, 0.4) is 0 Å². The maximum atomic E-state index is 4.36. The van der Waals surface area contributed by atoms with Gasteiger partial charge in [0.05, 0.1) is 0 Å². The number of hydrogen-bond acceptors (Lipinski definition) is 1. The van der Waals surface area contributed by atoms with Crippen LogP contribution in [-0.2, 0) is 0 Å². The van der Waals surface area contributed by atoms with Crippen molar-refractivity contribution in [1.29, 1.82) is 0 Å². The van der Waals surface area contributed by atoms with E-state index in [2.05, 4.69) is 80.8 Å². The van der Waals surface area contributed by atoms with Gasteiger partial charge in [0.2, 0.25) is 0 Å². The van der Waals surface area contributed by atoms with Crippen molar-refractivity contribution < 1.29 is 0 Å². The molecule has 0 aliphatic carbocycles. The molecule has 0 amide bonds. The van der Waals surface area contributed by atoms with E-state index in [9.17, 15) is 0 Å². The first-order chi connectivity index (χ1) is 8.64. The van der Waals surface area contributed by atoms with Crippen molar-refractivity contribution in [2.45, 2.75) is 86.7 Å². The van der Waals surface area contributed by atoms with Crippen molar-refractivity contribution in [3.05, 3.63) is 24.3 Å². The van der Waals surface area contributed by atoms with Crippen LogP contribution in [0.4, 0.5) is 0 Å². The van der Waals surface area contributed by atoms with Crippen molar-refractivity contribution >= 4 is 0 Å². The van der Waals surface area contributed by atoms with Crippen LogP contribution in [0, 0.1) is 10.8 Å². The van der Waals surface area contributed by atoms with Gasteiger partial charge in [0.1, 0.15) is 0 Å². The second-order valence-corrected chi connectivity index (χ2v) is 9.11. The molecule has 0 saturated carbocycles. The highest BCUT2D eigenvalue weighted by atomic mass is 15.0. The zero-order valence-electron chi connectivity index (χ0n) is 15.4. The number of rotatable bonds is 5. The molecule has 0 heterocycles. The van der Waals surface area contributed by atoms with Crippen LogP contribution in [0.2, 0.25) is 0 Å². The quantitative estimate of drug-likeness (QED) is 0.634. The van der Waals surface area contributed by atoms with Crippen LogP contribution in [0.25, 0.3) is 0 Å². The second kappa shape index (κ2) is 6.47. The molecule has 0 bridgehead atoms. The monoisotopic (exact) mass is 279 g/mol. The van der Waals surface area contributed by atoms with Gasteiger partial charge in [-0.15, -0.1) is 0 Å². The standard InChI is InChI=1S/C19H37N/c1-14(17(3,4)5)12-13-16(20-19(9,10)11)15(2)18(6,7)8/h16,20H,1-2,12-13H2,3-11H3. The van der Waals surface area contributed by atoms with Gasteiger partial charge in [0.25, 0.3) is 0 Å². The summed E-state index contributed by atoms with van der Waals surface area (Å²) in [6, 6.07) is 0.342. The molecule has 1 atom stereocenters. The molecular weight excluding hydrogens is 242 g/mol. The normalized spacial score (nSPS) is 15.1. The molecule has 0 aliphatic rings. The maximum Gasteiger partial charge on any atom is 0.0289 e. The molecule has 0 rings (SSSR count). The predicted octanol–water partition coefficient (Wildman–Crippen LogP) is 5.73. The Labute approximate surface area is 127 Å². The van der Waals surface area contributed by atoms with E-state index in [1.165, 1.54) is 11.1 Å². The Balaban J connectivity index is 4.90. The van der Waals surface area contributed by atoms with Crippen molar-refractivity contribution in [3.8, 4) is 0 Å². The Kier molecular flexibility index (Phi) is 6.29. The molecule has 0 aromatic rings. The summed E-state index contributed by atoms with van der Waals surface area (Å²) < 4.78 is 0. The average molecular weight is 280 g/mol. The van der Waals surface area contributed by atoms with Gasteiger partial charge in [0.15, 0.2) is 0 Å². The molecule has 20 heavy (non-hydrogen) atoms. The van der Waals surface area contributed by atoms with Crippen LogP contribution in [0.5, 0.6) is 0 Å². The van der Waals surface area contributed by atoms with Crippen molar-refractivity contribution in [2.24, 2.45) is 10.8 Å². The van der Waals surface area contributed by atoms with Gasteiger partial charge < -0.3 is 5.32 Å². The number of allylic oxidation sites excluding steroid dienone is 1. The van der Waals surface area contributed by atoms with E-state index < -0.39 is 0 Å². The maximum absolute atomic E-state index is 4.36. The molecule has 0 fully saturated rings. The van der Waals surface area contributed by atoms with Crippen molar-refractivity contribution in [3.63, 3.8) is 0 Å². The summed E-state index contributed by atoms with van der Waals surface area (Å²) >= 11 is 0. The van der Waals surface area contributed by atoms with Crippen molar-refractivity contribution in [2.75, 3.05) is 0 Å². The molecular formula is C19H37N. The molecule has 0 aliphatic heterocycles. The first-order valence-electron chi connectivity index (χ1n) is 7.80. The lowest BCUT2D eigenvalue weighted by atomic mass is 9.78. The summed E-state index contributed by atoms with van der Waals surface area (Å²) in [6.07, 6.45) is 2.12. The summed E-state index contributed by atoms with van der Waals surface area (Å²) in [5, 5.41) is 3.73. The molecule has 1 N–H and O–H groups in total. The minimum absolute atomic E-state index is 0.0991. The fourth-order valence-electron chi connectivity index (χ4n) is 2.07. The van der Waals surface area contributed by atoms with Crippen LogP contribution in [0.1, 0.15) is 75.2 Å². The summed E-state index contributed by atoms with van der Waals surface area (Å²) in [5.74, 6) is 0. The molecule has 0 aromatic heterocycles. The van der Waals surface area contributed by atoms with Gasteiger partial charge in [-0.3, -0.25) is 0 Å². The molecule has 1 heteroatoms.